The molecule has 0 rings (SSSR count). The van der Waals surface area contributed by atoms with E-state index in [1.54, 1.807) is 0 Å². The van der Waals surface area contributed by atoms with E-state index in [2.05, 4.69) is 11.8 Å². The molecule has 0 radical (unpaired) electrons. The molecular weight excluding hydrogens is 150 g/mol. The van der Waals surface area contributed by atoms with Crippen molar-refractivity contribution in [1.29, 1.82) is 0 Å². The first kappa shape index (κ1) is 11.5. The molecule has 0 amide bonds. The molecule has 12 heavy (non-hydrogen) atoms. The first-order chi connectivity index (χ1) is 5.72. The van der Waals surface area contributed by atoms with Gasteiger partial charge in [0, 0.05) is 19.1 Å². The van der Waals surface area contributed by atoms with Gasteiger partial charge < -0.3 is 10.5 Å². The standard InChI is InChI=1S/C10H19NO/c1-4-6-7-8-10(11)9(3)12-5-2/h9-10H,5,7-8,11H2,1-3H3. The minimum absolute atomic E-state index is 0.116. The number of rotatable bonds is 5. The summed E-state index contributed by atoms with van der Waals surface area (Å²) < 4.78 is 5.36. The lowest BCUT2D eigenvalue weighted by Crippen LogP contribution is -2.34. The van der Waals surface area contributed by atoms with Crippen LogP contribution in [0.3, 0.4) is 0 Å². The van der Waals surface area contributed by atoms with Crippen molar-refractivity contribution in [2.24, 2.45) is 5.73 Å². The van der Waals surface area contributed by atoms with Gasteiger partial charge in [-0.3, -0.25) is 0 Å². The monoisotopic (exact) mass is 169 g/mol. The van der Waals surface area contributed by atoms with Crippen molar-refractivity contribution in [3.63, 3.8) is 0 Å². The van der Waals surface area contributed by atoms with E-state index in [0.29, 0.717) is 0 Å². The molecule has 0 spiro atoms. The minimum atomic E-state index is 0.116. The topological polar surface area (TPSA) is 35.2 Å². The first-order valence-electron chi connectivity index (χ1n) is 4.49. The molecule has 0 aromatic heterocycles. The van der Waals surface area contributed by atoms with Gasteiger partial charge in [0.2, 0.25) is 0 Å². The van der Waals surface area contributed by atoms with Gasteiger partial charge in [0.1, 0.15) is 0 Å². The zero-order valence-electron chi connectivity index (χ0n) is 8.26. The summed E-state index contributed by atoms with van der Waals surface area (Å²) in [5.74, 6) is 5.84. The maximum absolute atomic E-state index is 5.85. The van der Waals surface area contributed by atoms with Crippen LogP contribution in [0.5, 0.6) is 0 Å². The average Bonchev–Trinajstić information content (AvgIpc) is 2.05. The molecule has 0 bridgehead atoms. The second-order valence-corrected chi connectivity index (χ2v) is 2.79. The van der Waals surface area contributed by atoms with Gasteiger partial charge in [-0.15, -0.1) is 11.8 Å². The first-order valence-corrected chi connectivity index (χ1v) is 4.49. The molecule has 0 aliphatic carbocycles. The number of hydrogen-bond acceptors (Lipinski definition) is 2. The van der Waals surface area contributed by atoms with Crippen LogP contribution in [-0.2, 0) is 4.74 Å². The SMILES string of the molecule is CC#CCCC(N)C(C)OCC. The van der Waals surface area contributed by atoms with Crippen LogP contribution < -0.4 is 5.73 Å². The maximum Gasteiger partial charge on any atom is 0.0698 e. The van der Waals surface area contributed by atoms with Crippen LogP contribution in [0.15, 0.2) is 0 Å². The molecule has 2 atom stereocenters. The molecule has 0 aliphatic heterocycles. The number of ether oxygens (including phenoxy) is 1. The molecule has 2 N–H and O–H groups in total. The quantitative estimate of drug-likeness (QED) is 0.634. The van der Waals surface area contributed by atoms with Crippen molar-refractivity contribution in [3.8, 4) is 11.8 Å². The predicted molar refractivity (Wildman–Crippen MR) is 51.7 cm³/mol. The van der Waals surface area contributed by atoms with E-state index in [9.17, 15) is 0 Å². The largest absolute Gasteiger partial charge is 0.377 e. The minimum Gasteiger partial charge on any atom is -0.377 e. The van der Waals surface area contributed by atoms with Crippen LogP contribution >= 0.6 is 0 Å². The average molecular weight is 169 g/mol. The van der Waals surface area contributed by atoms with Gasteiger partial charge in [-0.2, -0.15) is 0 Å². The van der Waals surface area contributed by atoms with Crippen LogP contribution in [0.1, 0.15) is 33.6 Å². The van der Waals surface area contributed by atoms with E-state index >= 15 is 0 Å². The molecule has 2 nitrogen and oxygen atoms in total. The highest BCUT2D eigenvalue weighted by Gasteiger charge is 2.10. The highest BCUT2D eigenvalue weighted by atomic mass is 16.5. The van der Waals surface area contributed by atoms with Crippen LogP contribution in [-0.4, -0.2) is 18.8 Å². The third kappa shape index (κ3) is 5.17. The van der Waals surface area contributed by atoms with E-state index < -0.39 is 0 Å². The molecule has 2 unspecified atom stereocenters. The third-order valence-corrected chi connectivity index (χ3v) is 1.81. The lowest BCUT2D eigenvalue weighted by molar-refractivity contribution is 0.0560. The van der Waals surface area contributed by atoms with Crippen molar-refractivity contribution in [3.05, 3.63) is 0 Å². The second-order valence-electron chi connectivity index (χ2n) is 2.79. The summed E-state index contributed by atoms with van der Waals surface area (Å²) >= 11 is 0. The highest BCUT2D eigenvalue weighted by Crippen LogP contribution is 2.02. The van der Waals surface area contributed by atoms with E-state index in [0.717, 1.165) is 19.4 Å². The third-order valence-electron chi connectivity index (χ3n) is 1.81. The molecule has 0 fully saturated rings. The van der Waals surface area contributed by atoms with Gasteiger partial charge in [0.15, 0.2) is 0 Å². The van der Waals surface area contributed by atoms with Gasteiger partial charge in [-0.1, -0.05) is 0 Å². The Morgan fingerprint density at radius 2 is 2.17 bits per heavy atom. The number of hydrogen-bond donors (Lipinski definition) is 1. The van der Waals surface area contributed by atoms with Gasteiger partial charge in [-0.05, 0) is 27.2 Å². The van der Waals surface area contributed by atoms with E-state index in [1.165, 1.54) is 0 Å². The summed E-state index contributed by atoms with van der Waals surface area (Å²) in [6, 6.07) is 0.116. The summed E-state index contributed by atoms with van der Waals surface area (Å²) in [5, 5.41) is 0. The Bertz CT molecular complexity index is 157. The molecule has 0 heterocycles. The van der Waals surface area contributed by atoms with Gasteiger partial charge in [-0.25, -0.2) is 0 Å². The fraction of sp³-hybridized carbons (Fsp3) is 0.800. The Labute approximate surface area is 75.5 Å². The smallest absolute Gasteiger partial charge is 0.0698 e. The van der Waals surface area contributed by atoms with Crippen LogP contribution in [0.25, 0.3) is 0 Å². The summed E-state index contributed by atoms with van der Waals surface area (Å²) in [6.07, 6.45) is 1.94. The summed E-state index contributed by atoms with van der Waals surface area (Å²) in [4.78, 5) is 0. The summed E-state index contributed by atoms with van der Waals surface area (Å²) in [6.45, 7) is 6.56. The summed E-state index contributed by atoms with van der Waals surface area (Å²) in [5.41, 5.74) is 5.85. The molecule has 0 saturated heterocycles. The second kappa shape index (κ2) is 7.15. The van der Waals surface area contributed by atoms with Crippen LogP contribution in [0.2, 0.25) is 0 Å². The fourth-order valence-corrected chi connectivity index (χ4v) is 0.985. The van der Waals surface area contributed by atoms with Crippen LogP contribution in [0, 0.1) is 11.8 Å². The van der Waals surface area contributed by atoms with E-state index in [1.807, 2.05) is 20.8 Å². The van der Waals surface area contributed by atoms with Gasteiger partial charge >= 0.3 is 0 Å². The Morgan fingerprint density at radius 3 is 2.67 bits per heavy atom. The normalized spacial score (nSPS) is 14.7. The van der Waals surface area contributed by atoms with Crippen molar-refractivity contribution in [1.82, 2.24) is 0 Å². The van der Waals surface area contributed by atoms with Crippen molar-refractivity contribution in [2.75, 3.05) is 6.61 Å². The van der Waals surface area contributed by atoms with E-state index in [4.69, 9.17) is 10.5 Å². The lowest BCUT2D eigenvalue weighted by Gasteiger charge is -2.18. The molecule has 2 heteroatoms. The molecule has 0 aromatic rings. The zero-order chi connectivity index (χ0) is 9.40. The molecule has 70 valence electrons. The van der Waals surface area contributed by atoms with Crippen molar-refractivity contribution >= 4 is 0 Å². The Kier molecular flexibility index (Phi) is 6.84. The highest BCUT2D eigenvalue weighted by molar-refractivity contribution is 4.95. The number of nitrogens with two attached hydrogens (primary N) is 1. The Morgan fingerprint density at radius 1 is 1.50 bits per heavy atom. The Hall–Kier alpha value is -0.520. The molecule has 0 aromatic carbocycles. The fourth-order valence-electron chi connectivity index (χ4n) is 0.985. The van der Waals surface area contributed by atoms with Crippen molar-refractivity contribution in [2.45, 2.75) is 45.8 Å². The zero-order valence-corrected chi connectivity index (χ0v) is 8.26. The summed E-state index contributed by atoms with van der Waals surface area (Å²) in [7, 11) is 0. The molecule has 0 aliphatic rings. The van der Waals surface area contributed by atoms with Gasteiger partial charge in [0.05, 0.1) is 6.10 Å². The predicted octanol–water partition coefficient (Wildman–Crippen LogP) is 1.54. The van der Waals surface area contributed by atoms with Crippen LogP contribution in [0.4, 0.5) is 0 Å². The molecule has 0 saturated carbocycles. The van der Waals surface area contributed by atoms with Gasteiger partial charge in [0.25, 0.3) is 0 Å². The van der Waals surface area contributed by atoms with E-state index in [-0.39, 0.29) is 12.1 Å². The molecular formula is C10H19NO. The van der Waals surface area contributed by atoms with Crippen molar-refractivity contribution < 1.29 is 4.74 Å². The maximum atomic E-state index is 5.85. The lowest BCUT2D eigenvalue weighted by atomic mass is 10.1. The Balaban J connectivity index is 3.53.